The molecule has 0 spiro atoms. The van der Waals surface area contributed by atoms with Gasteiger partial charge in [-0.25, -0.2) is 0 Å². The van der Waals surface area contributed by atoms with Crippen molar-refractivity contribution < 1.29 is 10.2 Å². The van der Waals surface area contributed by atoms with E-state index in [0.29, 0.717) is 0 Å². The van der Waals surface area contributed by atoms with Gasteiger partial charge >= 0.3 is 0 Å². The zero-order chi connectivity index (χ0) is 7.28. The van der Waals surface area contributed by atoms with Crippen molar-refractivity contribution >= 4 is 0 Å². The van der Waals surface area contributed by atoms with Crippen LogP contribution in [0.1, 0.15) is 13.3 Å². The number of aliphatic hydroxyl groups excluding tert-OH is 2. The van der Waals surface area contributed by atoms with Crippen LogP contribution in [0.4, 0.5) is 0 Å². The van der Waals surface area contributed by atoms with Crippen molar-refractivity contribution in [3.63, 3.8) is 0 Å². The highest BCUT2D eigenvalue weighted by Gasteiger charge is 2.10. The minimum Gasteiger partial charge on any atom is -0.396 e. The summed E-state index contributed by atoms with van der Waals surface area (Å²) in [5, 5.41) is 17.5. The molecule has 2 nitrogen and oxygen atoms in total. The predicted molar refractivity (Wildman–Crippen MR) is 34.0 cm³/mol. The highest BCUT2D eigenvalue weighted by molar-refractivity contribution is 4.81. The Bertz CT molecular complexity index is 104. The van der Waals surface area contributed by atoms with Crippen molar-refractivity contribution in [2.75, 3.05) is 6.61 Å². The Labute approximate surface area is 55.5 Å². The summed E-state index contributed by atoms with van der Waals surface area (Å²) in [5.41, 5.74) is 0. The van der Waals surface area contributed by atoms with E-state index >= 15 is 0 Å². The Hall–Kier alpha value is -0.520. The second-order valence-corrected chi connectivity index (χ2v) is 2.11. The van der Waals surface area contributed by atoms with Crippen LogP contribution in [0.5, 0.6) is 0 Å². The SMILES string of the molecule is [C]#CCC(O)C(C)CO. The van der Waals surface area contributed by atoms with Gasteiger partial charge in [0.25, 0.3) is 0 Å². The van der Waals surface area contributed by atoms with Crippen molar-refractivity contribution in [1.82, 2.24) is 0 Å². The molecule has 1 radical (unpaired) electrons. The zero-order valence-electron chi connectivity index (χ0n) is 5.46. The van der Waals surface area contributed by atoms with E-state index in [2.05, 4.69) is 5.92 Å². The maximum atomic E-state index is 8.98. The predicted octanol–water partition coefficient (Wildman–Crippen LogP) is -0.0444. The first-order valence-corrected chi connectivity index (χ1v) is 2.91. The highest BCUT2D eigenvalue weighted by Crippen LogP contribution is 2.03. The Morgan fingerprint density at radius 1 is 1.67 bits per heavy atom. The summed E-state index contributed by atoms with van der Waals surface area (Å²) in [7, 11) is 0. The molecule has 0 aromatic heterocycles. The van der Waals surface area contributed by atoms with E-state index in [1.807, 2.05) is 0 Å². The van der Waals surface area contributed by atoms with Gasteiger partial charge in [0.15, 0.2) is 0 Å². The molecule has 0 heterocycles. The molecule has 2 atom stereocenters. The molecule has 0 aliphatic carbocycles. The molecule has 9 heavy (non-hydrogen) atoms. The van der Waals surface area contributed by atoms with Crippen LogP contribution >= 0.6 is 0 Å². The largest absolute Gasteiger partial charge is 0.396 e. The minimum absolute atomic E-state index is 0.0388. The molecular weight excluding hydrogens is 116 g/mol. The van der Waals surface area contributed by atoms with Gasteiger partial charge in [-0.3, -0.25) is 0 Å². The Morgan fingerprint density at radius 2 is 2.22 bits per heavy atom. The molecule has 2 heteroatoms. The fourth-order valence-electron chi connectivity index (χ4n) is 0.427. The van der Waals surface area contributed by atoms with E-state index in [1.54, 1.807) is 6.92 Å². The van der Waals surface area contributed by atoms with Gasteiger partial charge in [-0.05, 0) is 6.42 Å². The Kier molecular flexibility index (Phi) is 4.12. The molecule has 0 bridgehead atoms. The number of rotatable bonds is 3. The summed E-state index contributed by atoms with van der Waals surface area (Å²) >= 11 is 0. The van der Waals surface area contributed by atoms with Gasteiger partial charge in [0.05, 0.1) is 6.10 Å². The van der Waals surface area contributed by atoms with E-state index < -0.39 is 6.10 Å². The molecule has 0 amide bonds. The van der Waals surface area contributed by atoms with Gasteiger partial charge in [0, 0.05) is 18.9 Å². The second-order valence-electron chi connectivity index (χ2n) is 2.11. The molecule has 0 fully saturated rings. The van der Waals surface area contributed by atoms with Crippen LogP contribution in [-0.2, 0) is 0 Å². The average Bonchev–Trinajstić information content (AvgIpc) is 1.87. The summed E-state index contributed by atoms with van der Waals surface area (Å²) in [6.45, 7) is 1.69. The first-order chi connectivity index (χ1) is 4.22. The molecule has 0 aliphatic rings. The van der Waals surface area contributed by atoms with E-state index in [9.17, 15) is 0 Å². The van der Waals surface area contributed by atoms with Crippen LogP contribution in [0.3, 0.4) is 0 Å². The number of hydrogen-bond acceptors (Lipinski definition) is 2. The van der Waals surface area contributed by atoms with Gasteiger partial charge in [-0.1, -0.05) is 12.8 Å². The highest BCUT2D eigenvalue weighted by atomic mass is 16.3. The smallest absolute Gasteiger partial charge is 0.0697 e. The van der Waals surface area contributed by atoms with Crippen LogP contribution in [0.2, 0.25) is 0 Å². The first kappa shape index (κ1) is 8.48. The van der Waals surface area contributed by atoms with Crippen molar-refractivity contribution in [1.29, 1.82) is 0 Å². The summed E-state index contributed by atoms with van der Waals surface area (Å²) in [5.74, 6) is 1.92. The maximum Gasteiger partial charge on any atom is 0.0697 e. The Balaban J connectivity index is 3.48. The van der Waals surface area contributed by atoms with E-state index in [4.69, 9.17) is 16.6 Å². The fourth-order valence-corrected chi connectivity index (χ4v) is 0.427. The third kappa shape index (κ3) is 3.12. The number of hydrogen-bond donors (Lipinski definition) is 2. The lowest BCUT2D eigenvalue weighted by molar-refractivity contribution is 0.0810. The Morgan fingerprint density at radius 3 is 2.56 bits per heavy atom. The van der Waals surface area contributed by atoms with Gasteiger partial charge < -0.3 is 10.2 Å². The quantitative estimate of drug-likeness (QED) is 0.522. The maximum absolute atomic E-state index is 8.98. The van der Waals surface area contributed by atoms with E-state index in [-0.39, 0.29) is 18.9 Å². The molecule has 51 valence electrons. The second kappa shape index (κ2) is 4.37. The lowest BCUT2D eigenvalue weighted by Gasteiger charge is -2.12. The molecule has 2 unspecified atom stereocenters. The van der Waals surface area contributed by atoms with Crippen LogP contribution < -0.4 is 0 Å². The normalized spacial score (nSPS) is 16.2. The summed E-state index contributed by atoms with van der Waals surface area (Å²) in [4.78, 5) is 0. The van der Waals surface area contributed by atoms with Gasteiger partial charge in [-0.15, -0.1) is 0 Å². The van der Waals surface area contributed by atoms with Crippen molar-refractivity contribution in [2.45, 2.75) is 19.4 Å². The molecular formula is C7H11O2. The first-order valence-electron chi connectivity index (χ1n) is 2.91. The van der Waals surface area contributed by atoms with Crippen molar-refractivity contribution in [3.8, 4) is 5.92 Å². The third-order valence-corrected chi connectivity index (χ3v) is 1.26. The van der Waals surface area contributed by atoms with Gasteiger partial charge in [0.1, 0.15) is 0 Å². The topological polar surface area (TPSA) is 40.5 Å². The summed E-state index contributed by atoms with van der Waals surface area (Å²) in [6, 6.07) is 0. The minimum atomic E-state index is -0.618. The lowest BCUT2D eigenvalue weighted by atomic mass is 10.0. The summed E-state index contributed by atoms with van der Waals surface area (Å²) in [6.07, 6.45) is 6.10. The lowest BCUT2D eigenvalue weighted by Crippen LogP contribution is -2.19. The molecule has 0 aromatic rings. The van der Waals surface area contributed by atoms with Crippen LogP contribution in [0.15, 0.2) is 0 Å². The monoisotopic (exact) mass is 127 g/mol. The van der Waals surface area contributed by atoms with E-state index in [0.717, 1.165) is 0 Å². The van der Waals surface area contributed by atoms with Crippen molar-refractivity contribution in [3.05, 3.63) is 6.42 Å². The van der Waals surface area contributed by atoms with Gasteiger partial charge in [0.2, 0.25) is 0 Å². The third-order valence-electron chi connectivity index (χ3n) is 1.26. The van der Waals surface area contributed by atoms with Gasteiger partial charge in [-0.2, -0.15) is 0 Å². The molecule has 0 aliphatic heterocycles. The average molecular weight is 127 g/mol. The van der Waals surface area contributed by atoms with E-state index in [1.165, 1.54) is 0 Å². The zero-order valence-corrected chi connectivity index (χ0v) is 5.46. The van der Waals surface area contributed by atoms with Crippen LogP contribution in [0.25, 0.3) is 0 Å². The standard InChI is InChI=1S/C7H11O2/c1-3-4-7(9)6(2)5-8/h6-9H,4-5H2,2H3. The fraction of sp³-hybridized carbons (Fsp3) is 0.714. The molecule has 0 saturated heterocycles. The number of aliphatic hydroxyl groups is 2. The van der Waals surface area contributed by atoms with Crippen molar-refractivity contribution in [2.24, 2.45) is 5.92 Å². The summed E-state index contributed by atoms with van der Waals surface area (Å²) < 4.78 is 0. The van der Waals surface area contributed by atoms with Crippen LogP contribution in [0, 0.1) is 18.3 Å². The van der Waals surface area contributed by atoms with Crippen LogP contribution in [-0.4, -0.2) is 22.9 Å². The molecule has 0 saturated carbocycles. The molecule has 0 rings (SSSR count). The molecule has 2 N–H and O–H groups in total. The molecule has 0 aromatic carbocycles.